The van der Waals surface area contributed by atoms with Gasteiger partial charge in [-0.1, -0.05) is 51.1 Å². The lowest BCUT2D eigenvalue weighted by Crippen LogP contribution is -2.57. The number of rotatable bonds is 7. The molecule has 5 rings (SSSR count). The van der Waals surface area contributed by atoms with Crippen LogP contribution in [0.2, 0.25) is 0 Å². The number of nitrogens with one attached hydrogen (secondary N) is 1. The maximum Gasteiger partial charge on any atom is 0.410 e. The van der Waals surface area contributed by atoms with Crippen molar-refractivity contribution in [1.82, 2.24) is 14.7 Å². The molecule has 2 aromatic carbocycles. The maximum atomic E-state index is 14.4. The molecule has 2 fully saturated rings. The van der Waals surface area contributed by atoms with E-state index >= 15 is 0 Å². The largest absolute Gasteiger partial charge is 0.448 e. The Labute approximate surface area is 250 Å². The molecule has 0 saturated carbocycles. The maximum absolute atomic E-state index is 14.4. The van der Waals surface area contributed by atoms with Crippen molar-refractivity contribution in [2.75, 3.05) is 32.1 Å². The molecule has 10 nitrogen and oxygen atoms in total. The molecule has 43 heavy (non-hydrogen) atoms. The second-order valence-corrected chi connectivity index (χ2v) is 12.7. The lowest BCUT2D eigenvalue weighted by Gasteiger charge is -2.37. The van der Waals surface area contributed by atoms with E-state index in [9.17, 15) is 23.6 Å². The number of carbonyl (C=O) groups is 4. The van der Waals surface area contributed by atoms with Gasteiger partial charge >= 0.3 is 12.3 Å². The highest BCUT2D eigenvalue weighted by molar-refractivity contribution is 6.07. The van der Waals surface area contributed by atoms with Gasteiger partial charge in [-0.25, -0.2) is 15.8 Å². The Bertz CT molecular complexity index is 1480. The number of amides is 4. The van der Waals surface area contributed by atoms with Gasteiger partial charge in [-0.15, -0.1) is 0 Å². The van der Waals surface area contributed by atoms with E-state index in [0.29, 0.717) is 11.3 Å². The number of hydrogen-bond donors (Lipinski definition) is 1. The minimum atomic E-state index is -1.05. The minimum Gasteiger partial charge on any atom is -0.448 e. The summed E-state index contributed by atoms with van der Waals surface area (Å²) in [7, 11) is 1.53. The van der Waals surface area contributed by atoms with Crippen LogP contribution in [0.4, 0.5) is 14.9 Å². The molecule has 1 N–H and O–H groups in total. The first-order valence-corrected chi connectivity index (χ1v) is 14.4. The number of nitrogens with zero attached hydrogens (tertiary/aromatic N) is 4. The minimum absolute atomic E-state index is 0.0157. The van der Waals surface area contributed by atoms with Crippen LogP contribution in [-0.2, 0) is 31.0 Å². The van der Waals surface area contributed by atoms with Crippen LogP contribution in [0.25, 0.3) is 4.85 Å². The second kappa shape index (κ2) is 11.3. The molecule has 0 unspecified atom stereocenters. The predicted molar refractivity (Wildman–Crippen MR) is 156 cm³/mol. The zero-order chi connectivity index (χ0) is 31.1. The van der Waals surface area contributed by atoms with E-state index in [-0.39, 0.29) is 44.9 Å². The summed E-state index contributed by atoms with van der Waals surface area (Å²) < 4.78 is 18.7. The first kappa shape index (κ1) is 30.0. The van der Waals surface area contributed by atoms with E-state index in [1.807, 2.05) is 39.0 Å². The van der Waals surface area contributed by atoms with Crippen molar-refractivity contribution in [2.24, 2.45) is 5.41 Å². The Balaban J connectivity index is 1.47. The molecule has 4 atom stereocenters. The van der Waals surface area contributed by atoms with Crippen LogP contribution in [0.5, 0.6) is 0 Å². The zero-order valence-corrected chi connectivity index (χ0v) is 24.8. The molecule has 0 aliphatic carbocycles. The topological polar surface area (TPSA) is 104 Å². The fourth-order valence-corrected chi connectivity index (χ4v) is 6.37. The van der Waals surface area contributed by atoms with Crippen LogP contribution < -0.4 is 5.32 Å². The lowest BCUT2D eigenvalue weighted by molar-refractivity contribution is -0.148. The number of para-hydroxylation sites is 1. The predicted octanol–water partition coefficient (Wildman–Crippen LogP) is 3.82. The molecule has 0 aromatic heterocycles. The summed E-state index contributed by atoms with van der Waals surface area (Å²) in [5.74, 6) is -1.56. The van der Waals surface area contributed by atoms with Gasteiger partial charge < -0.3 is 15.0 Å². The average molecular weight is 590 g/mol. The Hall–Kier alpha value is -4.46. The molecule has 3 heterocycles. The number of carbonyl (C=O) groups excluding carboxylic acids is 4. The Morgan fingerprint density at radius 1 is 1.19 bits per heavy atom. The van der Waals surface area contributed by atoms with Crippen LogP contribution in [0.15, 0.2) is 48.5 Å². The first-order valence-electron chi connectivity index (χ1n) is 14.4. The number of likely N-dealkylation sites (N-methyl/N-ethyl adjacent to an activating group) is 1. The molecule has 11 heteroatoms. The summed E-state index contributed by atoms with van der Waals surface area (Å²) in [4.78, 5) is 62.4. The number of hydrogen-bond acceptors (Lipinski definition) is 5. The van der Waals surface area contributed by atoms with Gasteiger partial charge in [0.1, 0.15) is 29.9 Å². The van der Waals surface area contributed by atoms with Crippen LogP contribution in [0, 0.1) is 17.8 Å². The SMILES string of the molecule is [C-]#[N+][C@@H]1C[C@@]2(CN1C(=O)[C@H](CC(C)(C)C)N(C)C(=O)[C@H](Cc1ccc(F)cc1)N1CCOC1=O)C(=O)Nc1ccccc12. The number of halogens is 1. The normalized spacial score (nSPS) is 22.6. The van der Waals surface area contributed by atoms with Crippen molar-refractivity contribution >= 4 is 29.5 Å². The summed E-state index contributed by atoms with van der Waals surface area (Å²) in [6.45, 7) is 14.1. The summed E-state index contributed by atoms with van der Waals surface area (Å²) in [5, 5.41) is 2.90. The van der Waals surface area contributed by atoms with Gasteiger partial charge in [0.15, 0.2) is 0 Å². The number of likely N-dealkylation sites (tertiary alicyclic amines) is 1. The van der Waals surface area contributed by atoms with Crippen molar-refractivity contribution < 1.29 is 28.3 Å². The summed E-state index contributed by atoms with van der Waals surface area (Å²) in [5.41, 5.74) is 0.627. The highest BCUT2D eigenvalue weighted by atomic mass is 19.1. The van der Waals surface area contributed by atoms with Crippen LogP contribution >= 0.6 is 0 Å². The monoisotopic (exact) mass is 589 g/mol. The molecule has 226 valence electrons. The molecule has 2 saturated heterocycles. The van der Waals surface area contributed by atoms with Crippen molar-refractivity contribution in [3.8, 4) is 0 Å². The quantitative estimate of drug-likeness (QED) is 0.495. The van der Waals surface area contributed by atoms with E-state index < -0.39 is 52.8 Å². The summed E-state index contributed by atoms with van der Waals surface area (Å²) in [6.07, 6.45) is -0.994. The lowest BCUT2D eigenvalue weighted by atomic mass is 9.80. The molecule has 1 spiro atoms. The fourth-order valence-electron chi connectivity index (χ4n) is 6.37. The van der Waals surface area contributed by atoms with E-state index in [4.69, 9.17) is 11.3 Å². The molecular weight excluding hydrogens is 553 g/mol. The smallest absolute Gasteiger partial charge is 0.410 e. The third-order valence-electron chi connectivity index (χ3n) is 8.59. The van der Waals surface area contributed by atoms with Gasteiger partial charge in [0.05, 0.1) is 13.0 Å². The van der Waals surface area contributed by atoms with Gasteiger partial charge in [0.2, 0.25) is 11.8 Å². The van der Waals surface area contributed by atoms with Crippen molar-refractivity contribution in [3.63, 3.8) is 0 Å². The van der Waals surface area contributed by atoms with Crippen molar-refractivity contribution in [3.05, 3.63) is 76.9 Å². The molecule has 3 aliphatic heterocycles. The molecule has 3 aliphatic rings. The summed E-state index contributed by atoms with van der Waals surface area (Å²) >= 11 is 0. The van der Waals surface area contributed by atoms with E-state index in [1.54, 1.807) is 18.2 Å². The Morgan fingerprint density at radius 2 is 1.88 bits per heavy atom. The molecule has 2 aromatic rings. The van der Waals surface area contributed by atoms with Crippen molar-refractivity contribution in [1.29, 1.82) is 0 Å². The van der Waals surface area contributed by atoms with E-state index in [2.05, 4.69) is 10.2 Å². The van der Waals surface area contributed by atoms with Gasteiger partial charge in [-0.3, -0.25) is 29.0 Å². The zero-order valence-electron chi connectivity index (χ0n) is 24.8. The Kier molecular flexibility index (Phi) is 7.90. The van der Waals surface area contributed by atoms with Crippen LogP contribution in [-0.4, -0.2) is 83.5 Å². The molecule has 4 amide bonds. The molecular formula is C32H36FN5O5. The van der Waals surface area contributed by atoms with E-state index in [0.717, 1.165) is 5.56 Å². The highest BCUT2D eigenvalue weighted by Gasteiger charge is 2.59. The second-order valence-electron chi connectivity index (χ2n) is 12.7. The molecule has 0 radical (unpaired) electrons. The average Bonchev–Trinajstić information content (AvgIpc) is 3.65. The standard InChI is InChI=1S/C32H36FN5O5/c1-31(2,3)17-25(28(40)38-19-32(18-26(38)34-4)22-8-6-7-9-23(22)35-29(32)41)36(5)27(39)24(37-14-15-43-30(37)42)16-20-10-12-21(33)13-11-20/h6-13,24-26H,14-19H2,1-3,5H3,(H,35,41)/t24-,25-,26-,32-/m0/s1. The van der Waals surface area contributed by atoms with Crippen LogP contribution in [0.3, 0.4) is 0 Å². The van der Waals surface area contributed by atoms with Gasteiger partial charge in [0, 0.05) is 25.7 Å². The number of fused-ring (bicyclic) bond motifs is 2. The third kappa shape index (κ3) is 5.66. The number of anilines is 1. The van der Waals surface area contributed by atoms with Crippen LogP contribution in [0.1, 0.15) is 44.7 Å². The van der Waals surface area contributed by atoms with Crippen molar-refractivity contribution in [2.45, 2.75) is 63.7 Å². The summed E-state index contributed by atoms with van der Waals surface area (Å²) in [6, 6.07) is 11.0. The van der Waals surface area contributed by atoms with Gasteiger partial charge in [0.25, 0.3) is 5.91 Å². The van der Waals surface area contributed by atoms with E-state index in [1.165, 1.54) is 33.9 Å². The number of benzene rings is 2. The van der Waals surface area contributed by atoms with Gasteiger partial charge in [-0.05, 0) is 41.2 Å². The third-order valence-corrected chi connectivity index (χ3v) is 8.59. The molecule has 0 bridgehead atoms. The highest BCUT2D eigenvalue weighted by Crippen LogP contribution is 2.47. The fraction of sp³-hybridized carbons (Fsp3) is 0.469. The first-order chi connectivity index (χ1) is 20.3. The van der Waals surface area contributed by atoms with Gasteiger partial charge in [-0.2, -0.15) is 0 Å². The number of ether oxygens (including phenoxy) is 1. The number of cyclic esters (lactones) is 1. The Morgan fingerprint density at radius 3 is 2.51 bits per heavy atom.